The molecule has 1 aromatic carbocycles. The number of hydrogen-bond donors (Lipinski definition) is 0. The number of ether oxygens (including phenoxy) is 2. The van der Waals surface area contributed by atoms with Crippen LogP contribution in [0.1, 0.15) is 63.2 Å². The van der Waals surface area contributed by atoms with Crippen LogP contribution in [0.4, 0.5) is 10.5 Å². The van der Waals surface area contributed by atoms with Gasteiger partial charge in [0.2, 0.25) is 0 Å². The first-order chi connectivity index (χ1) is 24.4. The lowest BCUT2D eigenvalue weighted by Crippen LogP contribution is -2.50. The van der Waals surface area contributed by atoms with Crippen molar-refractivity contribution in [3.63, 3.8) is 0 Å². The zero-order valence-electron chi connectivity index (χ0n) is 28.9. The summed E-state index contributed by atoms with van der Waals surface area (Å²) in [5.41, 5.74) is 3.11. The van der Waals surface area contributed by atoms with Crippen molar-refractivity contribution in [2.75, 3.05) is 37.5 Å². The third-order valence-corrected chi connectivity index (χ3v) is 10.8. The summed E-state index contributed by atoms with van der Waals surface area (Å²) in [5.74, 6) is 0.727. The van der Waals surface area contributed by atoms with Gasteiger partial charge in [-0.1, -0.05) is 44.9 Å². The number of sulfone groups is 1. The Hall–Kier alpha value is -4.81. The Labute approximate surface area is 301 Å². The van der Waals surface area contributed by atoms with Crippen molar-refractivity contribution in [1.82, 2.24) is 29.6 Å². The summed E-state index contributed by atoms with van der Waals surface area (Å²) >= 11 is 5.95. The molecule has 0 bridgehead atoms. The Morgan fingerprint density at radius 1 is 1.22 bits per heavy atom. The first-order valence-corrected chi connectivity index (χ1v) is 19.2. The molecule has 2 amide bonds. The van der Waals surface area contributed by atoms with Gasteiger partial charge >= 0.3 is 6.09 Å². The second-order valence-electron chi connectivity index (χ2n) is 13.3. The van der Waals surface area contributed by atoms with Crippen molar-refractivity contribution in [2.24, 2.45) is 5.92 Å². The maximum absolute atomic E-state index is 13.2. The lowest BCUT2D eigenvalue weighted by molar-refractivity contribution is -0.121. The maximum atomic E-state index is 13.2. The van der Waals surface area contributed by atoms with Crippen molar-refractivity contribution < 1.29 is 27.5 Å². The summed E-state index contributed by atoms with van der Waals surface area (Å²) in [6, 6.07) is 7.09. The van der Waals surface area contributed by atoms with Crippen molar-refractivity contribution in [1.29, 1.82) is 5.26 Å². The predicted molar refractivity (Wildman–Crippen MR) is 190 cm³/mol. The van der Waals surface area contributed by atoms with E-state index in [0.717, 1.165) is 12.8 Å². The first kappa shape index (κ1) is 36.0. The van der Waals surface area contributed by atoms with Crippen molar-refractivity contribution in [2.45, 2.75) is 64.3 Å². The van der Waals surface area contributed by atoms with Crippen LogP contribution in [0.3, 0.4) is 0 Å². The van der Waals surface area contributed by atoms with Gasteiger partial charge in [0.25, 0.3) is 5.91 Å². The molecule has 268 valence electrons. The molecule has 2 aliphatic heterocycles. The zero-order chi connectivity index (χ0) is 36.4. The van der Waals surface area contributed by atoms with Crippen LogP contribution in [0.5, 0.6) is 5.75 Å². The highest BCUT2D eigenvalue weighted by molar-refractivity contribution is 7.91. The maximum Gasteiger partial charge on any atom is 0.409 e. The minimum absolute atomic E-state index is 0.0454. The number of pyridine rings is 1. The summed E-state index contributed by atoms with van der Waals surface area (Å²) in [6.07, 6.45) is 7.56. The Morgan fingerprint density at radius 3 is 2.67 bits per heavy atom. The fourth-order valence-corrected chi connectivity index (χ4v) is 7.94. The molecule has 0 N–H and O–H groups in total. The summed E-state index contributed by atoms with van der Waals surface area (Å²) in [7, 11) is -3.66. The van der Waals surface area contributed by atoms with Gasteiger partial charge in [-0.2, -0.15) is 10.4 Å². The molecule has 0 aliphatic carbocycles. The highest BCUT2D eigenvalue weighted by Gasteiger charge is 2.41. The lowest BCUT2D eigenvalue weighted by atomic mass is 9.93. The van der Waals surface area contributed by atoms with Crippen molar-refractivity contribution >= 4 is 50.2 Å². The normalized spacial score (nSPS) is 17.7. The largest absolute Gasteiger partial charge is 0.482 e. The number of rotatable bonds is 10. The average Bonchev–Trinajstić information content (AvgIpc) is 3.52. The SMILES string of the molecule is CCCCOC(=O)N1CC[C@@H](n2ncc3c(-c4ccc5c(c4)OCC(=O)N5Cc4ncc(Cl)cn4)c(C#N)c(CC(C)C)nc32)[C@H](S(C)(=O)=O)C1. The quantitative estimate of drug-likeness (QED) is 0.198. The molecule has 3 aromatic heterocycles. The number of piperidine rings is 1. The topological polar surface area (TPSA) is 174 Å². The molecular formula is C35H39ClN8O6S. The van der Waals surface area contributed by atoms with Crippen LogP contribution in [0.2, 0.25) is 5.02 Å². The van der Waals surface area contributed by atoms with Crippen LogP contribution in [-0.2, 0) is 32.3 Å². The molecule has 4 aromatic rings. The Balaban J connectivity index is 1.42. The van der Waals surface area contributed by atoms with Gasteiger partial charge in [0, 0.05) is 42.7 Å². The molecule has 0 radical (unpaired) electrons. The van der Waals surface area contributed by atoms with Crippen LogP contribution >= 0.6 is 11.6 Å². The van der Waals surface area contributed by atoms with E-state index in [-0.39, 0.29) is 44.7 Å². The van der Waals surface area contributed by atoms with Gasteiger partial charge in [0.05, 0.1) is 47.4 Å². The van der Waals surface area contributed by atoms with E-state index in [9.17, 15) is 23.3 Å². The molecule has 0 spiro atoms. The summed E-state index contributed by atoms with van der Waals surface area (Å²) < 4.78 is 39.4. The van der Waals surface area contributed by atoms with E-state index in [1.54, 1.807) is 27.9 Å². The van der Waals surface area contributed by atoms with Gasteiger partial charge in [0.15, 0.2) is 22.1 Å². The van der Waals surface area contributed by atoms with Crippen LogP contribution in [0, 0.1) is 17.2 Å². The molecule has 14 nitrogen and oxygen atoms in total. The molecule has 6 rings (SSSR count). The number of nitrogens with zero attached hydrogens (tertiary/aromatic N) is 8. The predicted octanol–water partition coefficient (Wildman–Crippen LogP) is 5.13. The van der Waals surface area contributed by atoms with Crippen LogP contribution in [0.25, 0.3) is 22.2 Å². The molecular weight excluding hydrogens is 696 g/mol. The fraction of sp³-hybridized carbons (Fsp3) is 0.457. The third-order valence-electron chi connectivity index (χ3n) is 9.07. The number of carbonyl (C=O) groups is 2. The second-order valence-corrected chi connectivity index (χ2v) is 16.0. The van der Waals surface area contributed by atoms with Gasteiger partial charge < -0.3 is 14.4 Å². The number of likely N-dealkylation sites (tertiary alicyclic amines) is 1. The van der Waals surface area contributed by atoms with E-state index in [1.165, 1.54) is 23.5 Å². The van der Waals surface area contributed by atoms with Crippen LogP contribution in [0.15, 0.2) is 36.8 Å². The van der Waals surface area contributed by atoms with Gasteiger partial charge in [-0.3, -0.25) is 9.69 Å². The molecule has 1 fully saturated rings. The molecule has 0 unspecified atom stereocenters. The van der Waals surface area contributed by atoms with Crippen molar-refractivity contribution in [3.05, 3.63) is 58.9 Å². The van der Waals surface area contributed by atoms with Gasteiger partial charge in [-0.05, 0) is 42.9 Å². The van der Waals surface area contributed by atoms with E-state index in [2.05, 4.69) is 16.0 Å². The van der Waals surface area contributed by atoms with E-state index < -0.39 is 27.2 Å². The molecule has 16 heteroatoms. The summed E-state index contributed by atoms with van der Waals surface area (Å²) in [4.78, 5) is 42.2. The number of fused-ring (bicyclic) bond motifs is 2. The molecule has 0 saturated carbocycles. The second kappa shape index (κ2) is 14.8. The number of nitriles is 1. The molecule has 5 heterocycles. The number of aromatic nitrogens is 5. The number of hydrogen-bond acceptors (Lipinski definition) is 11. The molecule has 2 aliphatic rings. The molecule has 51 heavy (non-hydrogen) atoms. The minimum atomic E-state index is -3.66. The minimum Gasteiger partial charge on any atom is -0.482 e. The summed E-state index contributed by atoms with van der Waals surface area (Å²) in [6.45, 7) is 6.47. The number of anilines is 1. The van der Waals surface area contributed by atoms with E-state index >= 15 is 0 Å². The standard InChI is InChI=1S/C35H39ClN8O6S/c1-5-6-11-49-35(46)42-10-9-28(30(18-42)51(4,47)48)44-34-25(17-40-44)33(24(14-37)26(41-34)12-21(2)3)22-7-8-27-29(13-22)50-20-32(45)43(27)19-31-38-15-23(36)16-39-31/h7-8,13,15-17,21,28,30H,5-6,9-12,18-20H2,1-4H3/t28-,30-/m1/s1. The van der Waals surface area contributed by atoms with Gasteiger partial charge in [-0.25, -0.2) is 32.8 Å². The highest BCUT2D eigenvalue weighted by Crippen LogP contribution is 2.41. The molecule has 2 atom stereocenters. The first-order valence-electron chi connectivity index (χ1n) is 16.8. The molecule has 1 saturated heterocycles. The van der Waals surface area contributed by atoms with E-state index in [4.69, 9.17) is 31.2 Å². The van der Waals surface area contributed by atoms with Crippen LogP contribution in [-0.4, -0.2) is 87.9 Å². The van der Waals surface area contributed by atoms with Crippen molar-refractivity contribution in [3.8, 4) is 22.9 Å². The average molecular weight is 735 g/mol. The monoisotopic (exact) mass is 734 g/mol. The van der Waals surface area contributed by atoms with Gasteiger partial charge in [0.1, 0.15) is 22.9 Å². The Kier molecular flexibility index (Phi) is 10.5. The zero-order valence-corrected chi connectivity index (χ0v) is 30.4. The Bertz CT molecular complexity index is 2110. The van der Waals surface area contributed by atoms with E-state index in [1.807, 2.05) is 26.8 Å². The van der Waals surface area contributed by atoms with E-state index in [0.29, 0.717) is 68.5 Å². The smallest absolute Gasteiger partial charge is 0.409 e. The fourth-order valence-electron chi connectivity index (χ4n) is 6.56. The lowest BCUT2D eigenvalue weighted by Gasteiger charge is -2.37. The summed E-state index contributed by atoms with van der Waals surface area (Å²) in [5, 5.41) is 15.2. The van der Waals surface area contributed by atoms with Gasteiger partial charge in [-0.15, -0.1) is 0 Å². The number of benzene rings is 1. The number of amides is 2. The van der Waals surface area contributed by atoms with Crippen LogP contribution < -0.4 is 9.64 Å². The third kappa shape index (κ3) is 7.48. The highest BCUT2D eigenvalue weighted by atomic mass is 35.5. The Morgan fingerprint density at radius 2 is 1.98 bits per heavy atom. The number of halogens is 1. The number of carbonyl (C=O) groups excluding carboxylic acids is 2. The number of unbranched alkanes of at least 4 members (excludes halogenated alkanes) is 1.